The predicted octanol–water partition coefficient (Wildman–Crippen LogP) is 6.20. The summed E-state index contributed by atoms with van der Waals surface area (Å²) >= 11 is 7.59. The summed E-state index contributed by atoms with van der Waals surface area (Å²) in [5.74, 6) is 0.665. The first-order chi connectivity index (χ1) is 10.8. The van der Waals surface area contributed by atoms with Gasteiger partial charge in [-0.15, -0.1) is 0 Å². The average Bonchev–Trinajstić information content (AvgIpc) is 2.55. The van der Waals surface area contributed by atoms with Crippen LogP contribution >= 0.6 is 31.9 Å². The van der Waals surface area contributed by atoms with Crippen molar-refractivity contribution < 1.29 is 0 Å². The molecule has 3 aliphatic carbocycles. The van der Waals surface area contributed by atoms with Crippen LogP contribution < -0.4 is 0 Å². The minimum atomic E-state index is 0.317. The van der Waals surface area contributed by atoms with Crippen LogP contribution in [0.2, 0.25) is 0 Å². The maximum Gasteiger partial charge on any atom is 0.0371 e. The molecule has 0 unspecified atom stereocenters. The molecule has 0 aliphatic heterocycles. The third-order valence-corrected chi connectivity index (χ3v) is 6.37. The van der Waals surface area contributed by atoms with Gasteiger partial charge in [-0.05, 0) is 45.5 Å². The number of hydrogen-bond donors (Lipinski definition) is 0. The second kappa shape index (κ2) is 4.56. The predicted molar refractivity (Wildman–Crippen MR) is 96.6 cm³/mol. The largest absolute Gasteiger partial charge is 0.0619 e. The fourth-order valence-corrected chi connectivity index (χ4v) is 5.44. The Morgan fingerprint density at radius 1 is 0.500 bits per heavy atom. The van der Waals surface area contributed by atoms with Gasteiger partial charge in [0.1, 0.15) is 0 Å². The molecule has 0 aromatic heterocycles. The van der Waals surface area contributed by atoms with E-state index >= 15 is 0 Å². The molecule has 0 saturated carbocycles. The van der Waals surface area contributed by atoms with Crippen LogP contribution in [0.3, 0.4) is 0 Å². The Hall–Kier alpha value is -1.38. The molecule has 2 bridgehead atoms. The quantitative estimate of drug-likeness (QED) is 0.284. The fraction of sp³-hybridized carbons (Fsp3) is 0.100. The molecule has 3 aliphatic rings. The fourth-order valence-electron chi connectivity index (χ4n) is 4.21. The van der Waals surface area contributed by atoms with E-state index in [-0.39, 0.29) is 0 Å². The van der Waals surface area contributed by atoms with Crippen molar-refractivity contribution >= 4 is 31.9 Å². The first-order valence-corrected chi connectivity index (χ1v) is 9.01. The van der Waals surface area contributed by atoms with Gasteiger partial charge in [0.05, 0.1) is 0 Å². The SMILES string of the molecule is Brc1cccc2c1C1c3ccccc3C2c2cccc(Br)c21. The molecule has 0 atom stereocenters. The Balaban J connectivity index is 1.96. The normalized spacial score (nSPS) is 20.3. The number of benzene rings is 3. The van der Waals surface area contributed by atoms with Gasteiger partial charge in [-0.1, -0.05) is 80.4 Å². The first kappa shape index (κ1) is 13.1. The van der Waals surface area contributed by atoms with E-state index in [1.54, 1.807) is 0 Å². The molecule has 0 N–H and O–H groups in total. The Bertz CT molecular complexity index is 873. The summed E-state index contributed by atoms with van der Waals surface area (Å²) in [7, 11) is 0. The smallest absolute Gasteiger partial charge is 0.0371 e. The van der Waals surface area contributed by atoms with Crippen molar-refractivity contribution in [3.63, 3.8) is 0 Å². The van der Waals surface area contributed by atoms with Gasteiger partial charge in [-0.25, -0.2) is 0 Å². The van der Waals surface area contributed by atoms with Crippen molar-refractivity contribution in [1.82, 2.24) is 0 Å². The van der Waals surface area contributed by atoms with Crippen LogP contribution in [-0.2, 0) is 0 Å². The van der Waals surface area contributed by atoms with E-state index in [4.69, 9.17) is 0 Å². The third kappa shape index (κ3) is 1.52. The summed E-state index contributed by atoms with van der Waals surface area (Å²) in [4.78, 5) is 0. The minimum absolute atomic E-state index is 0.317. The second-order valence-electron chi connectivity index (χ2n) is 5.98. The van der Waals surface area contributed by atoms with Gasteiger partial charge in [0.25, 0.3) is 0 Å². The number of hydrogen-bond acceptors (Lipinski definition) is 0. The van der Waals surface area contributed by atoms with Crippen molar-refractivity contribution in [1.29, 1.82) is 0 Å². The van der Waals surface area contributed by atoms with Crippen LogP contribution in [0.15, 0.2) is 69.6 Å². The number of halogens is 2. The Labute approximate surface area is 146 Å². The van der Waals surface area contributed by atoms with E-state index in [9.17, 15) is 0 Å². The Morgan fingerprint density at radius 3 is 1.50 bits per heavy atom. The van der Waals surface area contributed by atoms with E-state index in [0.717, 1.165) is 0 Å². The molecular formula is C20H12Br2. The van der Waals surface area contributed by atoms with Crippen LogP contribution in [0, 0.1) is 0 Å². The highest BCUT2D eigenvalue weighted by atomic mass is 79.9. The highest BCUT2D eigenvalue weighted by molar-refractivity contribution is 9.10. The summed E-state index contributed by atoms with van der Waals surface area (Å²) in [5, 5.41) is 0. The lowest BCUT2D eigenvalue weighted by molar-refractivity contribution is 0.747. The minimum Gasteiger partial charge on any atom is -0.0619 e. The van der Waals surface area contributed by atoms with E-state index in [1.807, 2.05) is 0 Å². The number of rotatable bonds is 0. The van der Waals surface area contributed by atoms with Gasteiger partial charge in [0, 0.05) is 20.8 Å². The molecule has 0 nitrogen and oxygen atoms in total. The zero-order chi connectivity index (χ0) is 14.8. The summed E-state index contributed by atoms with van der Waals surface area (Å²) < 4.78 is 2.44. The average molecular weight is 412 g/mol. The van der Waals surface area contributed by atoms with Gasteiger partial charge in [-0.3, -0.25) is 0 Å². The van der Waals surface area contributed by atoms with E-state index < -0.39 is 0 Å². The lowest BCUT2D eigenvalue weighted by atomic mass is 9.61. The Morgan fingerprint density at radius 2 is 0.955 bits per heavy atom. The highest BCUT2D eigenvalue weighted by Crippen LogP contribution is 2.58. The lowest BCUT2D eigenvalue weighted by Crippen LogP contribution is -2.28. The van der Waals surface area contributed by atoms with Crippen LogP contribution in [0.5, 0.6) is 0 Å². The molecule has 0 radical (unpaired) electrons. The molecule has 2 heteroatoms. The molecule has 0 heterocycles. The van der Waals surface area contributed by atoms with E-state index in [0.29, 0.717) is 11.8 Å². The molecule has 106 valence electrons. The van der Waals surface area contributed by atoms with Gasteiger partial charge >= 0.3 is 0 Å². The molecular weight excluding hydrogens is 400 g/mol. The van der Waals surface area contributed by atoms with E-state index in [2.05, 4.69) is 92.5 Å². The van der Waals surface area contributed by atoms with Gasteiger partial charge in [0.15, 0.2) is 0 Å². The maximum absolute atomic E-state index is 3.80. The zero-order valence-corrected chi connectivity index (χ0v) is 14.9. The van der Waals surface area contributed by atoms with Crippen molar-refractivity contribution in [2.45, 2.75) is 11.8 Å². The summed E-state index contributed by atoms with van der Waals surface area (Å²) in [5.41, 5.74) is 8.68. The summed E-state index contributed by atoms with van der Waals surface area (Å²) in [6, 6.07) is 22.1. The van der Waals surface area contributed by atoms with Gasteiger partial charge in [-0.2, -0.15) is 0 Å². The highest BCUT2D eigenvalue weighted by Gasteiger charge is 2.42. The molecule has 0 spiro atoms. The zero-order valence-electron chi connectivity index (χ0n) is 11.7. The maximum atomic E-state index is 3.80. The lowest BCUT2D eigenvalue weighted by Gasteiger charge is -2.43. The van der Waals surface area contributed by atoms with Crippen LogP contribution in [0.4, 0.5) is 0 Å². The summed E-state index contributed by atoms with van der Waals surface area (Å²) in [6.45, 7) is 0. The van der Waals surface area contributed by atoms with Crippen molar-refractivity contribution in [3.8, 4) is 0 Å². The van der Waals surface area contributed by atoms with Crippen molar-refractivity contribution in [3.05, 3.63) is 103 Å². The molecule has 0 fully saturated rings. The molecule has 0 amide bonds. The molecule has 0 saturated heterocycles. The van der Waals surface area contributed by atoms with Crippen LogP contribution in [-0.4, -0.2) is 0 Å². The van der Waals surface area contributed by atoms with Crippen molar-refractivity contribution in [2.24, 2.45) is 0 Å². The molecule has 6 rings (SSSR count). The topological polar surface area (TPSA) is 0 Å². The Kier molecular flexibility index (Phi) is 2.71. The monoisotopic (exact) mass is 410 g/mol. The third-order valence-electron chi connectivity index (χ3n) is 4.99. The van der Waals surface area contributed by atoms with Crippen LogP contribution in [0.25, 0.3) is 0 Å². The van der Waals surface area contributed by atoms with Gasteiger partial charge < -0.3 is 0 Å². The van der Waals surface area contributed by atoms with E-state index in [1.165, 1.54) is 42.3 Å². The molecule has 3 aromatic rings. The molecule has 3 aromatic carbocycles. The van der Waals surface area contributed by atoms with Crippen LogP contribution in [0.1, 0.15) is 45.2 Å². The van der Waals surface area contributed by atoms with Gasteiger partial charge in [0.2, 0.25) is 0 Å². The standard InChI is InChI=1S/C20H12Br2/c21-15-9-3-7-13-17-11-5-1-2-6-12(11)20(18(13)15)19-14(17)8-4-10-16(19)22/h1-10,17,20H. The first-order valence-electron chi connectivity index (χ1n) is 7.43. The van der Waals surface area contributed by atoms with Crippen molar-refractivity contribution in [2.75, 3.05) is 0 Å². The molecule has 22 heavy (non-hydrogen) atoms. The summed E-state index contributed by atoms with van der Waals surface area (Å²) in [6.07, 6.45) is 0. The second-order valence-corrected chi connectivity index (χ2v) is 7.69.